The molecule has 0 N–H and O–H groups in total. The Labute approximate surface area is 98.0 Å². The van der Waals surface area contributed by atoms with E-state index in [-0.39, 0.29) is 0 Å². The Balaban J connectivity index is 2.16. The lowest BCUT2D eigenvalue weighted by atomic mass is 10.1. The fraction of sp³-hybridized carbons (Fsp3) is 0.571. The van der Waals surface area contributed by atoms with E-state index >= 15 is 0 Å². The fourth-order valence-electron chi connectivity index (χ4n) is 1.64. The Hall–Kier alpha value is -0.560. The standard InChI is InChI=1S/C14H22S/c1-3-4-5-6-8-13(2)10-11-14-9-7-12-15-14/h7,9-10,12H,3-6,8,11H2,1-2H3/b13-10+. The third-order valence-electron chi connectivity index (χ3n) is 2.66. The van der Waals surface area contributed by atoms with Gasteiger partial charge >= 0.3 is 0 Å². The summed E-state index contributed by atoms with van der Waals surface area (Å²) in [5.41, 5.74) is 1.56. The topological polar surface area (TPSA) is 0 Å². The Morgan fingerprint density at radius 1 is 1.33 bits per heavy atom. The minimum Gasteiger partial charge on any atom is -0.149 e. The van der Waals surface area contributed by atoms with Gasteiger partial charge in [0.1, 0.15) is 0 Å². The summed E-state index contributed by atoms with van der Waals surface area (Å²) in [6, 6.07) is 4.34. The van der Waals surface area contributed by atoms with Crippen molar-refractivity contribution in [1.29, 1.82) is 0 Å². The van der Waals surface area contributed by atoms with Crippen LogP contribution in [0, 0.1) is 0 Å². The zero-order valence-corrected chi connectivity index (χ0v) is 10.8. The number of rotatable bonds is 7. The fourth-order valence-corrected chi connectivity index (χ4v) is 2.30. The van der Waals surface area contributed by atoms with Gasteiger partial charge in [-0.15, -0.1) is 11.3 Å². The molecule has 0 aromatic carbocycles. The molecular weight excluding hydrogens is 200 g/mol. The number of allylic oxidation sites excluding steroid dienone is 2. The third kappa shape index (κ3) is 5.78. The van der Waals surface area contributed by atoms with Crippen molar-refractivity contribution in [2.45, 2.75) is 52.4 Å². The van der Waals surface area contributed by atoms with Crippen LogP contribution < -0.4 is 0 Å². The summed E-state index contributed by atoms with van der Waals surface area (Å²) in [7, 11) is 0. The molecule has 0 spiro atoms. The molecule has 0 aliphatic rings. The van der Waals surface area contributed by atoms with Crippen molar-refractivity contribution in [3.63, 3.8) is 0 Å². The first-order valence-electron chi connectivity index (χ1n) is 6.01. The van der Waals surface area contributed by atoms with Crippen LogP contribution in [0.15, 0.2) is 29.2 Å². The van der Waals surface area contributed by atoms with E-state index in [0.29, 0.717) is 0 Å². The van der Waals surface area contributed by atoms with Crippen molar-refractivity contribution in [3.8, 4) is 0 Å². The molecule has 1 aromatic heterocycles. The first-order valence-corrected chi connectivity index (χ1v) is 6.89. The molecule has 1 heterocycles. The first-order chi connectivity index (χ1) is 7.33. The average molecular weight is 222 g/mol. The second-order valence-electron chi connectivity index (χ2n) is 4.14. The molecule has 0 saturated carbocycles. The smallest absolute Gasteiger partial charge is 0.00829 e. The van der Waals surface area contributed by atoms with Gasteiger partial charge in [0.2, 0.25) is 0 Å². The van der Waals surface area contributed by atoms with Crippen LogP contribution in [-0.2, 0) is 6.42 Å². The number of hydrogen-bond donors (Lipinski definition) is 0. The van der Waals surface area contributed by atoms with Gasteiger partial charge in [0.25, 0.3) is 0 Å². The number of unbranched alkanes of at least 4 members (excludes halogenated alkanes) is 3. The van der Waals surface area contributed by atoms with Crippen LogP contribution in [0.1, 0.15) is 50.8 Å². The molecule has 15 heavy (non-hydrogen) atoms. The highest BCUT2D eigenvalue weighted by Gasteiger charge is 1.93. The second-order valence-corrected chi connectivity index (χ2v) is 5.18. The van der Waals surface area contributed by atoms with Crippen molar-refractivity contribution in [3.05, 3.63) is 34.0 Å². The lowest BCUT2D eigenvalue weighted by Gasteiger charge is -2.00. The largest absolute Gasteiger partial charge is 0.149 e. The number of hydrogen-bond acceptors (Lipinski definition) is 1. The van der Waals surface area contributed by atoms with Crippen molar-refractivity contribution in [2.24, 2.45) is 0 Å². The van der Waals surface area contributed by atoms with E-state index in [9.17, 15) is 0 Å². The third-order valence-corrected chi connectivity index (χ3v) is 3.56. The minimum absolute atomic E-state index is 1.12. The van der Waals surface area contributed by atoms with E-state index in [0.717, 1.165) is 6.42 Å². The SMILES string of the molecule is CCCCCC/C(C)=C/Cc1cccs1. The van der Waals surface area contributed by atoms with Gasteiger partial charge in [-0.25, -0.2) is 0 Å². The van der Waals surface area contributed by atoms with Crippen LogP contribution in [0.4, 0.5) is 0 Å². The van der Waals surface area contributed by atoms with E-state index in [2.05, 4.69) is 37.4 Å². The molecule has 0 unspecified atom stereocenters. The van der Waals surface area contributed by atoms with Crippen molar-refractivity contribution < 1.29 is 0 Å². The molecule has 0 aliphatic heterocycles. The highest BCUT2D eigenvalue weighted by molar-refractivity contribution is 7.09. The summed E-state index contributed by atoms with van der Waals surface area (Å²) in [5, 5.41) is 2.15. The maximum absolute atomic E-state index is 2.39. The zero-order chi connectivity index (χ0) is 10.9. The molecule has 0 aliphatic carbocycles. The molecule has 1 heteroatoms. The van der Waals surface area contributed by atoms with E-state index in [1.54, 1.807) is 5.57 Å². The van der Waals surface area contributed by atoms with Crippen LogP contribution in [0.3, 0.4) is 0 Å². The highest BCUT2D eigenvalue weighted by Crippen LogP contribution is 2.13. The molecular formula is C14H22S. The first kappa shape index (κ1) is 12.5. The van der Waals surface area contributed by atoms with Gasteiger partial charge in [0, 0.05) is 4.88 Å². The van der Waals surface area contributed by atoms with Crippen molar-refractivity contribution in [2.75, 3.05) is 0 Å². The summed E-state index contributed by atoms with van der Waals surface area (Å²) in [4.78, 5) is 1.47. The predicted octanol–water partition coefficient (Wildman–Crippen LogP) is 5.21. The molecule has 0 bridgehead atoms. The lowest BCUT2D eigenvalue weighted by molar-refractivity contribution is 0.663. The number of thiophene rings is 1. The van der Waals surface area contributed by atoms with Crippen molar-refractivity contribution in [1.82, 2.24) is 0 Å². The van der Waals surface area contributed by atoms with Crippen LogP contribution in [-0.4, -0.2) is 0 Å². The Bertz CT molecular complexity index is 270. The molecule has 1 rings (SSSR count). The van der Waals surface area contributed by atoms with Gasteiger partial charge in [-0.05, 0) is 37.6 Å². The van der Waals surface area contributed by atoms with Crippen LogP contribution >= 0.6 is 11.3 Å². The van der Waals surface area contributed by atoms with Crippen molar-refractivity contribution >= 4 is 11.3 Å². The van der Waals surface area contributed by atoms with Crippen LogP contribution in [0.25, 0.3) is 0 Å². The normalized spacial score (nSPS) is 12.0. The Morgan fingerprint density at radius 2 is 2.20 bits per heavy atom. The summed E-state index contributed by atoms with van der Waals surface area (Å²) in [6.07, 6.45) is 10.3. The van der Waals surface area contributed by atoms with Crippen LogP contribution in [0.2, 0.25) is 0 Å². The average Bonchev–Trinajstić information content (AvgIpc) is 2.74. The molecule has 0 radical (unpaired) electrons. The summed E-state index contributed by atoms with van der Waals surface area (Å²) < 4.78 is 0. The van der Waals surface area contributed by atoms with E-state index in [4.69, 9.17) is 0 Å². The highest BCUT2D eigenvalue weighted by atomic mass is 32.1. The van der Waals surface area contributed by atoms with Gasteiger partial charge in [-0.2, -0.15) is 0 Å². The summed E-state index contributed by atoms with van der Waals surface area (Å²) in [6.45, 7) is 4.53. The van der Waals surface area contributed by atoms with Gasteiger partial charge in [0.15, 0.2) is 0 Å². The monoisotopic (exact) mass is 222 g/mol. The van der Waals surface area contributed by atoms with E-state index < -0.39 is 0 Å². The zero-order valence-electron chi connectivity index (χ0n) is 9.96. The lowest BCUT2D eigenvalue weighted by Crippen LogP contribution is -1.82. The molecule has 0 atom stereocenters. The van der Waals surface area contributed by atoms with E-state index in [1.807, 2.05) is 11.3 Å². The van der Waals surface area contributed by atoms with Crippen LogP contribution in [0.5, 0.6) is 0 Å². The van der Waals surface area contributed by atoms with Gasteiger partial charge in [0.05, 0.1) is 0 Å². The van der Waals surface area contributed by atoms with Gasteiger partial charge in [-0.3, -0.25) is 0 Å². The Kier molecular flexibility index (Phi) is 6.42. The van der Waals surface area contributed by atoms with Gasteiger partial charge < -0.3 is 0 Å². The predicted molar refractivity (Wildman–Crippen MR) is 70.5 cm³/mol. The second kappa shape index (κ2) is 7.70. The molecule has 0 saturated heterocycles. The molecule has 0 nitrogen and oxygen atoms in total. The molecule has 1 aromatic rings. The van der Waals surface area contributed by atoms with Gasteiger partial charge in [-0.1, -0.05) is 43.9 Å². The summed E-state index contributed by atoms with van der Waals surface area (Å²) >= 11 is 1.85. The maximum atomic E-state index is 2.39. The quantitative estimate of drug-likeness (QED) is 0.439. The molecule has 0 fully saturated rings. The summed E-state index contributed by atoms with van der Waals surface area (Å²) in [5.74, 6) is 0. The Morgan fingerprint density at radius 3 is 2.87 bits per heavy atom. The molecule has 0 amide bonds. The molecule has 84 valence electrons. The minimum atomic E-state index is 1.12. The van der Waals surface area contributed by atoms with E-state index in [1.165, 1.54) is 37.0 Å². The maximum Gasteiger partial charge on any atom is 0.00829 e.